The fourth-order valence-electron chi connectivity index (χ4n) is 4.16. The number of fused-ring (bicyclic) bond motifs is 1. The van der Waals surface area contributed by atoms with Gasteiger partial charge in [0.2, 0.25) is 5.91 Å². The number of likely N-dealkylation sites (N-methyl/N-ethyl adjacent to an activating group) is 1. The summed E-state index contributed by atoms with van der Waals surface area (Å²) in [5.41, 5.74) is 3.62. The number of ether oxygens (including phenoxy) is 1. The molecule has 1 aliphatic carbocycles. The molecule has 2 aromatic rings. The number of nitrogens with zero attached hydrogens (tertiary/aromatic N) is 4. The third-order valence-corrected chi connectivity index (χ3v) is 6.83. The number of aryl methyl sites for hydroxylation is 1. The van der Waals surface area contributed by atoms with Gasteiger partial charge in [-0.15, -0.1) is 0 Å². The molecule has 0 radical (unpaired) electrons. The molecular formula is C22H29N5O3S. The van der Waals surface area contributed by atoms with Gasteiger partial charge in [-0.05, 0) is 50.9 Å². The molecule has 0 spiro atoms. The summed E-state index contributed by atoms with van der Waals surface area (Å²) < 4.78 is 7.12. The number of amides is 1. The van der Waals surface area contributed by atoms with Gasteiger partial charge in [0.25, 0.3) is 0 Å². The third kappa shape index (κ3) is 4.72. The van der Waals surface area contributed by atoms with Crippen LogP contribution in [0.5, 0.6) is 5.75 Å². The SMILES string of the molecule is COc1ccc(C)cc1NC(=O)CSc1nc(=O)n(N2CCN(C)CC2)c2c1CCC2. The van der Waals surface area contributed by atoms with Crippen LogP contribution in [0.4, 0.5) is 5.69 Å². The zero-order valence-electron chi connectivity index (χ0n) is 18.3. The van der Waals surface area contributed by atoms with Crippen molar-refractivity contribution in [2.24, 2.45) is 0 Å². The number of aromatic nitrogens is 2. The van der Waals surface area contributed by atoms with E-state index in [1.165, 1.54) is 11.8 Å². The van der Waals surface area contributed by atoms with Crippen LogP contribution in [0, 0.1) is 6.92 Å². The first-order chi connectivity index (χ1) is 15.0. The highest BCUT2D eigenvalue weighted by Crippen LogP contribution is 2.30. The van der Waals surface area contributed by atoms with Crippen molar-refractivity contribution in [2.45, 2.75) is 31.2 Å². The normalized spacial score (nSPS) is 16.3. The number of hydrogen-bond donors (Lipinski definition) is 1. The molecule has 2 heterocycles. The Kier molecular flexibility index (Phi) is 6.52. The molecule has 9 heteroatoms. The van der Waals surface area contributed by atoms with E-state index in [0.717, 1.165) is 62.3 Å². The molecule has 0 atom stereocenters. The van der Waals surface area contributed by atoms with Gasteiger partial charge in [-0.1, -0.05) is 17.8 Å². The Balaban J connectivity index is 1.49. The number of piperazine rings is 1. The molecule has 1 aromatic carbocycles. The van der Waals surface area contributed by atoms with E-state index in [-0.39, 0.29) is 17.3 Å². The number of benzene rings is 1. The van der Waals surface area contributed by atoms with E-state index in [4.69, 9.17) is 4.74 Å². The van der Waals surface area contributed by atoms with Crippen LogP contribution in [0.25, 0.3) is 0 Å². The summed E-state index contributed by atoms with van der Waals surface area (Å²) >= 11 is 1.34. The maximum atomic E-state index is 12.9. The second kappa shape index (κ2) is 9.32. The molecule has 1 amide bonds. The second-order valence-corrected chi connectivity index (χ2v) is 9.05. The van der Waals surface area contributed by atoms with E-state index < -0.39 is 0 Å². The largest absolute Gasteiger partial charge is 0.495 e. The molecule has 1 N–H and O–H groups in total. The monoisotopic (exact) mass is 443 g/mol. The van der Waals surface area contributed by atoms with E-state index in [2.05, 4.69) is 27.3 Å². The maximum Gasteiger partial charge on any atom is 0.367 e. The van der Waals surface area contributed by atoms with Gasteiger partial charge in [-0.2, -0.15) is 4.98 Å². The number of thioether (sulfide) groups is 1. The van der Waals surface area contributed by atoms with Crippen LogP contribution in [0.1, 0.15) is 23.2 Å². The van der Waals surface area contributed by atoms with Crippen LogP contribution < -0.4 is 20.8 Å². The Labute approximate surface area is 186 Å². The first kappa shape index (κ1) is 21.7. The van der Waals surface area contributed by atoms with Gasteiger partial charge in [0.05, 0.1) is 24.2 Å². The van der Waals surface area contributed by atoms with E-state index >= 15 is 0 Å². The van der Waals surface area contributed by atoms with Crippen LogP contribution in [0.2, 0.25) is 0 Å². The van der Waals surface area contributed by atoms with E-state index in [1.807, 2.05) is 25.1 Å². The summed E-state index contributed by atoms with van der Waals surface area (Å²) in [5.74, 6) is 0.664. The van der Waals surface area contributed by atoms with E-state index in [9.17, 15) is 9.59 Å². The van der Waals surface area contributed by atoms with Crippen molar-refractivity contribution in [2.75, 3.05) is 56.4 Å². The first-order valence-corrected chi connectivity index (χ1v) is 11.6. The number of carbonyl (C=O) groups is 1. The maximum absolute atomic E-state index is 12.9. The summed E-state index contributed by atoms with van der Waals surface area (Å²) in [6.45, 7) is 5.46. The Morgan fingerprint density at radius 2 is 2.00 bits per heavy atom. The van der Waals surface area contributed by atoms with E-state index in [1.54, 1.807) is 11.8 Å². The fourth-order valence-corrected chi connectivity index (χ4v) is 5.03. The highest BCUT2D eigenvalue weighted by Gasteiger charge is 2.26. The number of methoxy groups -OCH3 is 1. The van der Waals surface area contributed by atoms with Crippen molar-refractivity contribution >= 4 is 23.4 Å². The molecule has 1 aromatic heterocycles. The lowest BCUT2D eigenvalue weighted by Crippen LogP contribution is -2.54. The van der Waals surface area contributed by atoms with Crippen LogP contribution in [0.3, 0.4) is 0 Å². The summed E-state index contributed by atoms with van der Waals surface area (Å²) in [4.78, 5) is 32.1. The summed E-state index contributed by atoms with van der Waals surface area (Å²) in [7, 11) is 3.68. The van der Waals surface area contributed by atoms with Gasteiger partial charge in [-0.3, -0.25) is 4.79 Å². The average Bonchev–Trinajstić information content (AvgIpc) is 3.23. The standard InChI is InChI=1S/C22H29N5O3S/c1-15-7-8-19(30-3)17(13-15)23-20(28)14-31-21-16-5-4-6-18(16)27(22(29)24-21)26-11-9-25(2)10-12-26/h7-8,13H,4-6,9-12,14H2,1-3H3,(H,23,28). The Morgan fingerprint density at radius 3 is 2.74 bits per heavy atom. The van der Waals surface area contributed by atoms with Crippen molar-refractivity contribution in [3.05, 3.63) is 45.5 Å². The average molecular weight is 444 g/mol. The lowest BCUT2D eigenvalue weighted by atomic mass is 10.2. The molecule has 1 aliphatic heterocycles. The molecule has 8 nitrogen and oxygen atoms in total. The Morgan fingerprint density at radius 1 is 1.23 bits per heavy atom. The number of nitrogens with one attached hydrogen (secondary N) is 1. The molecule has 31 heavy (non-hydrogen) atoms. The van der Waals surface area contributed by atoms with Crippen LogP contribution in [-0.2, 0) is 17.6 Å². The van der Waals surface area contributed by atoms with E-state index in [0.29, 0.717) is 16.5 Å². The summed E-state index contributed by atoms with van der Waals surface area (Å²) in [6.07, 6.45) is 2.78. The lowest BCUT2D eigenvalue weighted by Gasteiger charge is -2.35. The van der Waals surface area contributed by atoms with Crippen molar-refractivity contribution < 1.29 is 9.53 Å². The number of hydrogen-bond acceptors (Lipinski definition) is 7. The van der Waals surface area contributed by atoms with Crippen molar-refractivity contribution in [3.8, 4) is 5.75 Å². The minimum Gasteiger partial charge on any atom is -0.495 e. The molecule has 166 valence electrons. The van der Waals surface area contributed by atoms with Crippen molar-refractivity contribution in [3.63, 3.8) is 0 Å². The minimum atomic E-state index is -0.242. The molecule has 2 aliphatic rings. The highest BCUT2D eigenvalue weighted by molar-refractivity contribution is 8.00. The van der Waals surface area contributed by atoms with Gasteiger partial charge in [-0.25, -0.2) is 9.47 Å². The molecule has 4 rings (SSSR count). The fraction of sp³-hybridized carbons (Fsp3) is 0.500. The van der Waals surface area contributed by atoms with Crippen molar-refractivity contribution in [1.29, 1.82) is 0 Å². The van der Waals surface area contributed by atoms with Gasteiger partial charge in [0.15, 0.2) is 0 Å². The summed E-state index contributed by atoms with van der Waals surface area (Å²) in [5, 5.41) is 5.72. The number of carbonyl (C=O) groups excluding carboxylic acids is 1. The first-order valence-electron chi connectivity index (χ1n) is 10.6. The van der Waals surface area contributed by atoms with Crippen LogP contribution in [-0.4, -0.2) is 66.6 Å². The zero-order chi connectivity index (χ0) is 22.0. The quantitative estimate of drug-likeness (QED) is 0.537. The summed E-state index contributed by atoms with van der Waals surface area (Å²) in [6, 6.07) is 5.66. The predicted molar refractivity (Wildman–Crippen MR) is 123 cm³/mol. The Hall–Kier alpha value is -2.52. The minimum absolute atomic E-state index is 0.148. The lowest BCUT2D eigenvalue weighted by molar-refractivity contribution is -0.113. The highest BCUT2D eigenvalue weighted by atomic mass is 32.2. The van der Waals surface area contributed by atoms with Gasteiger partial charge in [0.1, 0.15) is 10.8 Å². The number of rotatable bonds is 6. The van der Waals surface area contributed by atoms with Gasteiger partial charge >= 0.3 is 5.69 Å². The van der Waals surface area contributed by atoms with Gasteiger partial charge in [0, 0.05) is 31.7 Å². The molecule has 1 saturated heterocycles. The molecule has 0 unspecified atom stereocenters. The van der Waals surface area contributed by atoms with Gasteiger partial charge < -0.3 is 20.0 Å². The van der Waals surface area contributed by atoms with Crippen LogP contribution in [0.15, 0.2) is 28.0 Å². The predicted octanol–water partition coefficient (Wildman–Crippen LogP) is 1.66. The molecule has 0 bridgehead atoms. The smallest absolute Gasteiger partial charge is 0.367 e. The van der Waals surface area contributed by atoms with Crippen molar-refractivity contribution in [1.82, 2.24) is 14.6 Å². The number of anilines is 1. The van der Waals surface area contributed by atoms with Crippen LogP contribution >= 0.6 is 11.8 Å². The molecule has 1 fully saturated rings. The molecule has 0 saturated carbocycles. The Bertz CT molecular complexity index is 1030. The third-order valence-electron chi connectivity index (χ3n) is 5.81. The molecular weight excluding hydrogens is 414 g/mol. The zero-order valence-corrected chi connectivity index (χ0v) is 19.1. The second-order valence-electron chi connectivity index (χ2n) is 8.09. The topological polar surface area (TPSA) is 79.7 Å².